The molecule has 0 saturated carbocycles. The Labute approximate surface area is 202 Å². The summed E-state index contributed by atoms with van der Waals surface area (Å²) in [5.41, 5.74) is 1.54. The molecule has 1 aliphatic carbocycles. The normalized spacial score (nSPS) is 22.3. The van der Waals surface area contributed by atoms with E-state index >= 15 is 0 Å². The number of para-hydroxylation sites is 1. The van der Waals surface area contributed by atoms with E-state index in [1.54, 1.807) is 25.1 Å². The topological polar surface area (TPSA) is 116 Å². The third-order valence-electron chi connectivity index (χ3n) is 6.32. The number of ether oxygens (including phenoxy) is 1. The molecule has 0 fully saturated rings. The molecule has 0 bridgehead atoms. The number of aliphatic hydroxyl groups is 2. The van der Waals surface area contributed by atoms with Gasteiger partial charge in [0.05, 0.1) is 18.6 Å². The number of fused-ring (bicyclic) bond motifs is 3. The van der Waals surface area contributed by atoms with E-state index in [4.69, 9.17) is 9.84 Å². The van der Waals surface area contributed by atoms with Crippen LogP contribution < -0.4 is 10.1 Å². The van der Waals surface area contributed by atoms with Crippen molar-refractivity contribution < 1.29 is 33.7 Å². The summed E-state index contributed by atoms with van der Waals surface area (Å²) in [6, 6.07) is 11.5. The number of nitrogens with zero attached hydrogens (tertiary/aromatic N) is 1. The predicted molar refractivity (Wildman–Crippen MR) is 124 cm³/mol. The molecule has 35 heavy (non-hydrogen) atoms. The number of carbonyl (C=O) groups excluding carboxylic acids is 3. The van der Waals surface area contributed by atoms with Crippen molar-refractivity contribution >= 4 is 17.6 Å². The number of carbonyl (C=O) groups is 3. The molecule has 1 heterocycles. The average Bonchev–Trinajstić information content (AvgIpc) is 3.27. The molecule has 0 aromatic heterocycles. The summed E-state index contributed by atoms with van der Waals surface area (Å²) in [6.07, 6.45) is -0.675. The minimum absolute atomic E-state index is 0.0236. The predicted octanol–water partition coefficient (Wildman–Crippen LogP) is 1.46. The summed E-state index contributed by atoms with van der Waals surface area (Å²) in [4.78, 5) is 39.9. The van der Waals surface area contributed by atoms with Crippen molar-refractivity contribution in [1.82, 2.24) is 10.2 Å². The number of amides is 2. The standard InChI is InChI=1S/C26H27FN2O6/c1-2-20(31)26(34)29(14-15-7-9-16(27)10-8-15)19-13-18(25(33)28-11-12-30)22-17-5-3-4-6-21(17)35-24(22)23(19)32/h3-10,13,19,22-24,30,32H,2,11-12,14H2,1H3,(H,28,33)/t19-,22+,23+,24+/m1/s1. The second-order valence-corrected chi connectivity index (χ2v) is 8.52. The molecule has 4 atom stereocenters. The first kappa shape index (κ1) is 24.6. The van der Waals surface area contributed by atoms with E-state index in [0.717, 1.165) is 5.56 Å². The first-order chi connectivity index (χ1) is 16.8. The van der Waals surface area contributed by atoms with Crippen LogP contribution in [0.1, 0.15) is 30.4 Å². The zero-order valence-corrected chi connectivity index (χ0v) is 19.2. The fourth-order valence-electron chi connectivity index (χ4n) is 4.60. The van der Waals surface area contributed by atoms with Crippen LogP contribution in [0.2, 0.25) is 0 Å². The van der Waals surface area contributed by atoms with Crippen molar-refractivity contribution in [3.05, 3.63) is 77.1 Å². The number of Topliss-reactive ketones (excluding diaryl/α,β-unsaturated/α-hetero) is 1. The molecule has 0 saturated heterocycles. The van der Waals surface area contributed by atoms with Crippen LogP contribution in [-0.4, -0.2) is 64.1 Å². The van der Waals surface area contributed by atoms with Gasteiger partial charge in [0.25, 0.3) is 5.91 Å². The highest BCUT2D eigenvalue weighted by atomic mass is 19.1. The Morgan fingerprint density at radius 2 is 1.83 bits per heavy atom. The monoisotopic (exact) mass is 482 g/mol. The van der Waals surface area contributed by atoms with Crippen LogP contribution in [0.5, 0.6) is 5.75 Å². The van der Waals surface area contributed by atoms with Crippen molar-refractivity contribution in [1.29, 1.82) is 0 Å². The Kier molecular flexibility index (Phi) is 7.28. The maximum absolute atomic E-state index is 13.4. The fraction of sp³-hybridized carbons (Fsp3) is 0.346. The van der Waals surface area contributed by atoms with Gasteiger partial charge in [0.1, 0.15) is 23.8 Å². The Hall–Kier alpha value is -3.56. The van der Waals surface area contributed by atoms with E-state index in [2.05, 4.69) is 5.32 Å². The van der Waals surface area contributed by atoms with Crippen LogP contribution in [0.3, 0.4) is 0 Å². The number of hydrogen-bond acceptors (Lipinski definition) is 6. The number of ketones is 1. The zero-order valence-electron chi connectivity index (χ0n) is 19.2. The molecule has 2 aromatic carbocycles. The van der Waals surface area contributed by atoms with E-state index in [1.807, 2.05) is 6.07 Å². The van der Waals surface area contributed by atoms with Gasteiger partial charge in [-0.2, -0.15) is 0 Å². The van der Waals surface area contributed by atoms with Crippen LogP contribution in [0.4, 0.5) is 4.39 Å². The van der Waals surface area contributed by atoms with Crippen LogP contribution in [0.25, 0.3) is 0 Å². The highest BCUT2D eigenvalue weighted by molar-refractivity contribution is 6.36. The van der Waals surface area contributed by atoms with Gasteiger partial charge in [-0.25, -0.2) is 4.39 Å². The highest BCUT2D eigenvalue weighted by Gasteiger charge is 2.50. The van der Waals surface area contributed by atoms with Gasteiger partial charge in [0, 0.05) is 30.6 Å². The van der Waals surface area contributed by atoms with E-state index < -0.39 is 47.6 Å². The van der Waals surface area contributed by atoms with Gasteiger partial charge in [-0.3, -0.25) is 14.4 Å². The van der Waals surface area contributed by atoms with Crippen molar-refractivity contribution in [2.75, 3.05) is 13.2 Å². The smallest absolute Gasteiger partial charge is 0.290 e. The Morgan fingerprint density at radius 1 is 1.11 bits per heavy atom. The number of aliphatic hydroxyl groups excluding tert-OH is 2. The molecular formula is C26H27FN2O6. The van der Waals surface area contributed by atoms with Crippen LogP contribution in [-0.2, 0) is 20.9 Å². The number of halogens is 1. The molecule has 9 heteroatoms. The molecule has 2 aliphatic rings. The van der Waals surface area contributed by atoms with Gasteiger partial charge < -0.3 is 25.2 Å². The summed E-state index contributed by atoms with van der Waals surface area (Å²) in [5.74, 6) is -2.47. The quantitative estimate of drug-likeness (QED) is 0.491. The second-order valence-electron chi connectivity index (χ2n) is 8.52. The van der Waals surface area contributed by atoms with Gasteiger partial charge in [-0.15, -0.1) is 0 Å². The number of rotatable bonds is 8. The van der Waals surface area contributed by atoms with Crippen molar-refractivity contribution in [3.8, 4) is 5.75 Å². The largest absolute Gasteiger partial charge is 0.486 e. The van der Waals surface area contributed by atoms with E-state index in [-0.39, 0.29) is 31.7 Å². The van der Waals surface area contributed by atoms with Gasteiger partial charge in [-0.1, -0.05) is 37.3 Å². The number of hydrogen-bond donors (Lipinski definition) is 3. The highest BCUT2D eigenvalue weighted by Crippen LogP contribution is 2.47. The number of nitrogens with one attached hydrogen (secondary N) is 1. The van der Waals surface area contributed by atoms with Gasteiger partial charge in [0.15, 0.2) is 0 Å². The van der Waals surface area contributed by atoms with Crippen molar-refractivity contribution in [2.45, 2.75) is 44.1 Å². The molecule has 4 rings (SSSR count). The van der Waals surface area contributed by atoms with E-state index in [0.29, 0.717) is 11.3 Å². The SMILES string of the molecule is CCC(=O)C(=O)N(Cc1ccc(F)cc1)[C@@H]1C=C(C(=O)NCCO)[C@@H]2c3ccccc3O[C@@H]2[C@H]1O. The lowest BCUT2D eigenvalue weighted by Crippen LogP contribution is -2.56. The van der Waals surface area contributed by atoms with Crippen LogP contribution in [0, 0.1) is 5.82 Å². The van der Waals surface area contributed by atoms with E-state index in [1.165, 1.54) is 35.2 Å². The van der Waals surface area contributed by atoms with Gasteiger partial charge in [0.2, 0.25) is 11.7 Å². The molecule has 8 nitrogen and oxygen atoms in total. The minimum Gasteiger partial charge on any atom is -0.486 e. The summed E-state index contributed by atoms with van der Waals surface area (Å²) >= 11 is 0. The summed E-state index contributed by atoms with van der Waals surface area (Å²) < 4.78 is 19.5. The third kappa shape index (κ3) is 4.82. The fourth-order valence-corrected chi connectivity index (χ4v) is 4.60. The Bertz CT molecular complexity index is 1150. The lowest BCUT2D eigenvalue weighted by atomic mass is 9.77. The van der Waals surface area contributed by atoms with Crippen LogP contribution >= 0.6 is 0 Å². The summed E-state index contributed by atoms with van der Waals surface area (Å²) in [6.45, 7) is 1.24. The first-order valence-corrected chi connectivity index (χ1v) is 11.5. The Morgan fingerprint density at radius 3 is 2.51 bits per heavy atom. The summed E-state index contributed by atoms with van der Waals surface area (Å²) in [5, 5.41) is 23.2. The molecule has 2 amide bonds. The minimum atomic E-state index is -1.25. The van der Waals surface area contributed by atoms with Gasteiger partial charge in [-0.05, 0) is 29.8 Å². The first-order valence-electron chi connectivity index (χ1n) is 11.5. The summed E-state index contributed by atoms with van der Waals surface area (Å²) in [7, 11) is 0. The second kappa shape index (κ2) is 10.4. The van der Waals surface area contributed by atoms with Crippen LogP contribution in [0.15, 0.2) is 60.2 Å². The third-order valence-corrected chi connectivity index (χ3v) is 6.32. The molecule has 3 N–H and O–H groups in total. The molecule has 0 unspecified atom stereocenters. The molecule has 2 aromatic rings. The lowest BCUT2D eigenvalue weighted by molar-refractivity contribution is -0.148. The molecule has 1 aliphatic heterocycles. The zero-order chi connectivity index (χ0) is 25.1. The van der Waals surface area contributed by atoms with E-state index in [9.17, 15) is 23.9 Å². The lowest BCUT2D eigenvalue weighted by Gasteiger charge is -2.40. The molecule has 0 radical (unpaired) electrons. The van der Waals surface area contributed by atoms with Crippen molar-refractivity contribution in [3.63, 3.8) is 0 Å². The average molecular weight is 483 g/mol. The Balaban J connectivity index is 1.77. The maximum Gasteiger partial charge on any atom is 0.290 e. The maximum atomic E-state index is 13.4. The molecule has 184 valence electrons. The number of benzene rings is 2. The van der Waals surface area contributed by atoms with Gasteiger partial charge >= 0.3 is 0 Å². The molecular weight excluding hydrogens is 455 g/mol. The molecule has 0 spiro atoms. The van der Waals surface area contributed by atoms with Crippen molar-refractivity contribution in [2.24, 2.45) is 0 Å².